The highest BCUT2D eigenvalue weighted by Gasteiger charge is 2.40. The molecule has 1 aliphatic rings. The maximum Gasteiger partial charge on any atom is 0.340 e. The Kier molecular flexibility index (Phi) is 3.88. The van der Waals surface area contributed by atoms with Crippen molar-refractivity contribution in [1.82, 2.24) is 0 Å². The van der Waals surface area contributed by atoms with Crippen LogP contribution in [0.5, 0.6) is 0 Å². The van der Waals surface area contributed by atoms with Crippen LogP contribution in [0.1, 0.15) is 24.5 Å². The number of nitrogens with zero attached hydrogens (tertiary/aromatic N) is 1. The van der Waals surface area contributed by atoms with Gasteiger partial charge in [0.15, 0.2) is 5.54 Å². The van der Waals surface area contributed by atoms with E-state index in [9.17, 15) is 4.79 Å². The molecule has 0 saturated carbocycles. The molecule has 1 heterocycles. The van der Waals surface area contributed by atoms with Gasteiger partial charge in [-0.3, -0.25) is 0 Å². The number of cyclic esters (lactones) is 1. The van der Waals surface area contributed by atoms with Crippen molar-refractivity contribution in [2.75, 3.05) is 0 Å². The summed E-state index contributed by atoms with van der Waals surface area (Å²) in [5, 5.41) is 0. The Morgan fingerprint density at radius 3 is 2.36 bits per heavy atom. The van der Waals surface area contributed by atoms with Crippen LogP contribution in [0.15, 0.2) is 71.7 Å². The number of carbonyl (C=O) groups excluding carboxylic acids is 1. The van der Waals surface area contributed by atoms with Crippen molar-refractivity contribution in [2.24, 2.45) is 4.99 Å². The molecule has 0 saturated heterocycles. The van der Waals surface area contributed by atoms with E-state index >= 15 is 0 Å². The van der Waals surface area contributed by atoms with Crippen molar-refractivity contribution >= 4 is 17.9 Å². The summed E-state index contributed by atoms with van der Waals surface area (Å²) in [5.74, 6) is 0.102. The molecule has 1 aliphatic heterocycles. The summed E-state index contributed by atoms with van der Waals surface area (Å²) in [4.78, 5) is 16.6. The first-order valence-corrected chi connectivity index (χ1v) is 7.26. The Hall–Kier alpha value is -2.68. The van der Waals surface area contributed by atoms with Crippen LogP contribution in [0.2, 0.25) is 0 Å². The zero-order chi connectivity index (χ0) is 15.4. The molecular weight excluding hydrogens is 274 g/mol. The lowest BCUT2D eigenvalue weighted by Gasteiger charge is -2.12. The molecule has 0 fully saturated rings. The van der Waals surface area contributed by atoms with Gasteiger partial charge in [0.25, 0.3) is 0 Å². The van der Waals surface area contributed by atoms with Crippen molar-refractivity contribution < 1.29 is 9.53 Å². The third-order valence-electron chi connectivity index (χ3n) is 3.62. The largest absolute Gasteiger partial charge is 0.405 e. The number of hydrogen-bond acceptors (Lipinski definition) is 3. The van der Waals surface area contributed by atoms with Crippen LogP contribution in [-0.2, 0) is 9.53 Å². The van der Waals surface area contributed by atoms with E-state index in [1.165, 1.54) is 0 Å². The molecule has 2 aromatic carbocycles. The quantitative estimate of drug-likeness (QED) is 0.802. The fourth-order valence-electron chi connectivity index (χ4n) is 2.31. The van der Waals surface area contributed by atoms with E-state index in [2.05, 4.69) is 4.99 Å². The minimum Gasteiger partial charge on any atom is -0.405 e. The van der Waals surface area contributed by atoms with Gasteiger partial charge >= 0.3 is 5.97 Å². The lowest BCUT2D eigenvalue weighted by Crippen LogP contribution is -2.29. The molecule has 0 bridgehead atoms. The summed E-state index contributed by atoms with van der Waals surface area (Å²) < 4.78 is 5.34. The van der Waals surface area contributed by atoms with Crippen LogP contribution in [0.3, 0.4) is 0 Å². The average Bonchev–Trinajstić information content (AvgIpc) is 2.85. The number of carbonyl (C=O) groups is 1. The van der Waals surface area contributed by atoms with E-state index in [0.29, 0.717) is 12.3 Å². The van der Waals surface area contributed by atoms with E-state index < -0.39 is 5.54 Å². The molecule has 110 valence electrons. The summed E-state index contributed by atoms with van der Waals surface area (Å²) in [7, 11) is 0. The normalized spacial score (nSPS) is 21.0. The van der Waals surface area contributed by atoms with Gasteiger partial charge < -0.3 is 4.74 Å². The first-order chi connectivity index (χ1) is 10.7. The monoisotopic (exact) mass is 291 g/mol. The molecule has 0 aromatic heterocycles. The summed E-state index contributed by atoms with van der Waals surface area (Å²) in [5.41, 5.74) is 1.08. The molecule has 0 unspecified atom stereocenters. The average molecular weight is 291 g/mol. The topological polar surface area (TPSA) is 38.7 Å². The number of aliphatic imine (C=N–C) groups is 1. The van der Waals surface area contributed by atoms with Crippen molar-refractivity contribution in [1.29, 1.82) is 0 Å². The van der Waals surface area contributed by atoms with Gasteiger partial charge in [-0.05, 0) is 24.6 Å². The molecule has 22 heavy (non-hydrogen) atoms. The minimum atomic E-state index is -0.851. The number of rotatable bonds is 4. The van der Waals surface area contributed by atoms with Crippen LogP contribution in [0.25, 0.3) is 6.08 Å². The van der Waals surface area contributed by atoms with Crippen LogP contribution < -0.4 is 0 Å². The lowest BCUT2D eigenvalue weighted by atomic mass is 9.99. The first-order valence-electron chi connectivity index (χ1n) is 7.26. The highest BCUT2D eigenvalue weighted by Crippen LogP contribution is 2.27. The van der Waals surface area contributed by atoms with Gasteiger partial charge in [0.05, 0.1) is 0 Å². The van der Waals surface area contributed by atoms with Crippen LogP contribution in [-0.4, -0.2) is 17.4 Å². The zero-order valence-electron chi connectivity index (χ0n) is 12.4. The maximum atomic E-state index is 12.2. The Balaban J connectivity index is 1.76. The molecule has 0 aliphatic carbocycles. The summed E-state index contributed by atoms with van der Waals surface area (Å²) in [6.45, 7) is 1.81. The van der Waals surface area contributed by atoms with Crippen molar-refractivity contribution in [2.45, 2.75) is 18.9 Å². The second-order valence-corrected chi connectivity index (χ2v) is 5.46. The molecule has 1 atom stereocenters. The molecule has 0 radical (unpaired) electrons. The van der Waals surface area contributed by atoms with E-state index in [1.54, 1.807) is 6.92 Å². The number of ether oxygens (including phenoxy) is 1. The van der Waals surface area contributed by atoms with Gasteiger partial charge in [0.1, 0.15) is 0 Å². The van der Waals surface area contributed by atoms with E-state index in [1.807, 2.05) is 72.8 Å². The van der Waals surface area contributed by atoms with Crippen LogP contribution in [0, 0.1) is 0 Å². The highest BCUT2D eigenvalue weighted by atomic mass is 16.6. The molecule has 0 spiro atoms. The summed E-state index contributed by atoms with van der Waals surface area (Å²) in [6.07, 6.45) is 4.47. The highest BCUT2D eigenvalue weighted by molar-refractivity contribution is 6.07. The second-order valence-electron chi connectivity index (χ2n) is 5.46. The van der Waals surface area contributed by atoms with Crippen LogP contribution >= 0.6 is 0 Å². The maximum absolute atomic E-state index is 12.2. The standard InChI is InChI=1S/C19H17NO2/c1-19(14-8-11-15-9-4-2-5-10-15)18(21)22-17(20-19)16-12-6-3-7-13-16/h2-13H,14H2,1H3/b11-8+/t19-/m0/s1. The lowest BCUT2D eigenvalue weighted by molar-refractivity contribution is -0.138. The van der Waals surface area contributed by atoms with Crippen molar-refractivity contribution in [3.05, 3.63) is 77.9 Å². The fourth-order valence-corrected chi connectivity index (χ4v) is 2.31. The van der Waals surface area contributed by atoms with Crippen molar-refractivity contribution in [3.8, 4) is 0 Å². The first kappa shape index (κ1) is 14.3. The predicted octanol–water partition coefficient (Wildman–Crippen LogP) is 3.85. The number of hydrogen-bond donors (Lipinski definition) is 0. The SMILES string of the molecule is C[C@@]1(C/C=C/c2ccccc2)N=C(c2ccccc2)OC1=O. The van der Waals surface area contributed by atoms with Gasteiger partial charge in [-0.1, -0.05) is 60.7 Å². The summed E-state index contributed by atoms with van der Waals surface area (Å²) >= 11 is 0. The molecule has 2 aromatic rings. The van der Waals surface area contributed by atoms with Crippen molar-refractivity contribution in [3.63, 3.8) is 0 Å². The Bertz CT molecular complexity index is 720. The number of esters is 1. The molecular formula is C19H17NO2. The third-order valence-corrected chi connectivity index (χ3v) is 3.62. The van der Waals surface area contributed by atoms with E-state index in [0.717, 1.165) is 11.1 Å². The van der Waals surface area contributed by atoms with E-state index in [-0.39, 0.29) is 5.97 Å². The predicted molar refractivity (Wildman–Crippen MR) is 87.6 cm³/mol. The summed E-state index contributed by atoms with van der Waals surface area (Å²) in [6, 6.07) is 19.5. The third kappa shape index (κ3) is 2.98. The van der Waals surface area contributed by atoms with Gasteiger partial charge in [-0.25, -0.2) is 9.79 Å². The molecule has 0 N–H and O–H groups in total. The van der Waals surface area contributed by atoms with Gasteiger partial charge in [-0.2, -0.15) is 0 Å². The van der Waals surface area contributed by atoms with E-state index in [4.69, 9.17) is 4.74 Å². The molecule has 3 rings (SSSR count). The number of benzene rings is 2. The second kappa shape index (κ2) is 5.98. The van der Waals surface area contributed by atoms with Gasteiger partial charge in [0, 0.05) is 12.0 Å². The fraction of sp³-hybridized carbons (Fsp3) is 0.158. The van der Waals surface area contributed by atoms with Crippen LogP contribution in [0.4, 0.5) is 0 Å². The Labute approximate surface area is 130 Å². The van der Waals surface area contributed by atoms with Gasteiger partial charge in [-0.15, -0.1) is 0 Å². The molecule has 0 amide bonds. The Morgan fingerprint density at radius 2 is 1.68 bits per heavy atom. The van der Waals surface area contributed by atoms with Gasteiger partial charge in [0.2, 0.25) is 5.90 Å². The minimum absolute atomic E-state index is 0.302. The molecule has 3 heteroatoms. The zero-order valence-corrected chi connectivity index (χ0v) is 12.4. The Morgan fingerprint density at radius 1 is 1.05 bits per heavy atom. The molecule has 3 nitrogen and oxygen atoms in total. The smallest absolute Gasteiger partial charge is 0.340 e.